The Hall–Kier alpha value is -1.84. The van der Waals surface area contributed by atoms with Gasteiger partial charge in [0.25, 0.3) is 0 Å². The highest BCUT2D eigenvalue weighted by Gasteiger charge is 2.63. The molecule has 1 aromatic rings. The molecule has 3 N–H and O–H groups in total. The van der Waals surface area contributed by atoms with Gasteiger partial charge in [0.05, 0.1) is 5.56 Å². The summed E-state index contributed by atoms with van der Waals surface area (Å²) < 4.78 is 0. The molecule has 0 radical (unpaired) electrons. The number of hydrogen-bond acceptors (Lipinski definition) is 2. The van der Waals surface area contributed by atoms with Crippen molar-refractivity contribution < 1.29 is 14.7 Å². The molecule has 0 aliphatic heterocycles. The average Bonchev–Trinajstić information content (AvgIpc) is 2.66. The quantitative estimate of drug-likeness (QED) is 0.848. The van der Waals surface area contributed by atoms with E-state index in [4.69, 9.17) is 10.8 Å². The summed E-state index contributed by atoms with van der Waals surface area (Å²) in [6.07, 6.45) is 9.93. The van der Waals surface area contributed by atoms with Crippen molar-refractivity contribution in [2.45, 2.75) is 38.5 Å². The van der Waals surface area contributed by atoms with Crippen LogP contribution in [0.3, 0.4) is 0 Å². The molecule has 7 aliphatic carbocycles. The Balaban J connectivity index is 0.000000118. The van der Waals surface area contributed by atoms with Crippen LogP contribution in [0.25, 0.3) is 0 Å². The second-order valence-corrected chi connectivity index (χ2v) is 9.38. The zero-order chi connectivity index (χ0) is 18.0. The minimum absolute atomic E-state index is 0.139. The predicted octanol–water partition coefficient (Wildman–Crippen LogP) is 3.81. The molecule has 0 saturated heterocycles. The SMILES string of the molecule is C1C2CC3C4CC5CC(C14)C(C2)C3C5.NC(=O)c1ccc(C(=O)O)cc1. The Kier molecular flexibility index (Phi) is 3.67. The summed E-state index contributed by atoms with van der Waals surface area (Å²) in [5.41, 5.74) is 5.40. The van der Waals surface area contributed by atoms with Crippen molar-refractivity contribution in [1.82, 2.24) is 0 Å². The normalized spacial score (nSPS) is 43.1. The van der Waals surface area contributed by atoms with Crippen LogP contribution in [0.2, 0.25) is 0 Å². The summed E-state index contributed by atoms with van der Waals surface area (Å²) in [6, 6.07) is 5.43. The molecule has 7 fully saturated rings. The number of carbonyl (C=O) groups is 2. The monoisotopic (exact) mass is 353 g/mol. The van der Waals surface area contributed by atoms with Crippen LogP contribution >= 0.6 is 0 Å². The second kappa shape index (κ2) is 5.83. The third-order valence-corrected chi connectivity index (χ3v) is 8.35. The van der Waals surface area contributed by atoms with Crippen LogP contribution < -0.4 is 5.73 Å². The standard InChI is InChI=1S/C14H20.C8H7NO3/c1-7-2-12-10-4-8-5-11(9(1)10)13(3-7)14(12)6-8;9-7(10)5-1-3-6(4-2-5)8(11)12/h7-14H,1-6H2;1-4H,(H2,9,10)(H,11,12). The van der Waals surface area contributed by atoms with Crippen LogP contribution in [0, 0.1) is 47.3 Å². The number of aromatic carboxylic acids is 1. The van der Waals surface area contributed by atoms with Crippen LogP contribution in [0.15, 0.2) is 24.3 Å². The Morgan fingerprint density at radius 1 is 0.692 bits per heavy atom. The molecule has 1 amide bonds. The lowest BCUT2D eigenvalue weighted by molar-refractivity contribution is -0.202. The number of carboxylic acid groups (broad SMARTS) is 1. The molecule has 7 saturated carbocycles. The fraction of sp³-hybridized carbons (Fsp3) is 0.636. The van der Waals surface area contributed by atoms with E-state index < -0.39 is 11.9 Å². The molecule has 1 aromatic carbocycles. The van der Waals surface area contributed by atoms with Gasteiger partial charge in [-0.05, 0) is 110 Å². The number of primary amides is 1. The number of rotatable bonds is 2. The Labute approximate surface area is 154 Å². The maximum absolute atomic E-state index is 10.6. The van der Waals surface area contributed by atoms with Crippen LogP contribution in [0.1, 0.15) is 59.2 Å². The molecule has 7 aliphatic rings. The Morgan fingerprint density at radius 3 is 1.27 bits per heavy atom. The van der Waals surface area contributed by atoms with Crippen molar-refractivity contribution in [3.05, 3.63) is 35.4 Å². The summed E-state index contributed by atoms with van der Waals surface area (Å²) in [6.45, 7) is 0. The van der Waals surface area contributed by atoms with Gasteiger partial charge in [-0.3, -0.25) is 4.79 Å². The van der Waals surface area contributed by atoms with E-state index in [0.717, 1.165) is 0 Å². The van der Waals surface area contributed by atoms with Gasteiger partial charge in [-0.2, -0.15) is 0 Å². The van der Waals surface area contributed by atoms with Crippen molar-refractivity contribution in [1.29, 1.82) is 0 Å². The Bertz CT molecular complexity index is 620. The first kappa shape index (κ1) is 16.3. The van der Waals surface area contributed by atoms with E-state index in [9.17, 15) is 9.59 Å². The summed E-state index contributed by atoms with van der Waals surface area (Å²) in [5.74, 6) is 8.15. The summed E-state index contributed by atoms with van der Waals surface area (Å²) in [7, 11) is 0. The van der Waals surface area contributed by atoms with Gasteiger partial charge >= 0.3 is 5.97 Å². The third-order valence-electron chi connectivity index (χ3n) is 8.35. The van der Waals surface area contributed by atoms with Crippen LogP contribution in [0.4, 0.5) is 0 Å². The van der Waals surface area contributed by atoms with Gasteiger partial charge in [0.1, 0.15) is 0 Å². The van der Waals surface area contributed by atoms with Gasteiger partial charge in [-0.15, -0.1) is 0 Å². The van der Waals surface area contributed by atoms with Crippen molar-refractivity contribution in [3.63, 3.8) is 0 Å². The highest BCUT2D eigenvalue weighted by Crippen LogP contribution is 2.71. The van der Waals surface area contributed by atoms with Gasteiger partial charge in [-0.25, -0.2) is 4.79 Å². The number of amides is 1. The molecule has 138 valence electrons. The number of carbonyl (C=O) groups excluding carboxylic acids is 1. The first-order chi connectivity index (χ1) is 12.5. The van der Waals surface area contributed by atoms with E-state index in [1.165, 1.54) is 71.6 Å². The zero-order valence-corrected chi connectivity index (χ0v) is 15.0. The minimum atomic E-state index is -1.02. The second-order valence-electron chi connectivity index (χ2n) is 9.38. The minimum Gasteiger partial charge on any atom is -0.478 e. The lowest BCUT2D eigenvalue weighted by Gasteiger charge is -2.69. The number of carboxylic acids is 1. The first-order valence-corrected chi connectivity index (χ1v) is 10.1. The van der Waals surface area contributed by atoms with Gasteiger partial charge in [0.15, 0.2) is 0 Å². The van der Waals surface area contributed by atoms with Gasteiger partial charge in [0, 0.05) is 5.56 Å². The fourth-order valence-corrected chi connectivity index (χ4v) is 7.67. The summed E-state index contributed by atoms with van der Waals surface area (Å²) in [5, 5.41) is 8.50. The molecule has 0 aromatic heterocycles. The molecule has 0 unspecified atom stereocenters. The number of benzene rings is 1. The molecule has 26 heavy (non-hydrogen) atoms. The number of hydrogen-bond donors (Lipinski definition) is 2. The van der Waals surface area contributed by atoms with E-state index in [1.54, 1.807) is 38.5 Å². The number of nitrogens with two attached hydrogens (primary N) is 1. The molecular formula is C22H27NO3. The summed E-state index contributed by atoms with van der Waals surface area (Å²) in [4.78, 5) is 20.9. The first-order valence-electron chi connectivity index (χ1n) is 10.1. The van der Waals surface area contributed by atoms with Crippen molar-refractivity contribution in [2.24, 2.45) is 53.1 Å². The summed E-state index contributed by atoms with van der Waals surface area (Å²) >= 11 is 0. The highest BCUT2D eigenvalue weighted by atomic mass is 16.4. The van der Waals surface area contributed by atoms with Crippen LogP contribution in [0.5, 0.6) is 0 Å². The van der Waals surface area contributed by atoms with Gasteiger partial charge in [0.2, 0.25) is 5.91 Å². The largest absolute Gasteiger partial charge is 0.478 e. The molecule has 0 heterocycles. The smallest absolute Gasteiger partial charge is 0.335 e. The maximum Gasteiger partial charge on any atom is 0.335 e. The molecule has 4 heteroatoms. The van der Waals surface area contributed by atoms with E-state index in [0.29, 0.717) is 5.56 Å². The van der Waals surface area contributed by atoms with E-state index in [1.807, 2.05) is 0 Å². The fourth-order valence-electron chi connectivity index (χ4n) is 7.67. The third kappa shape index (κ3) is 2.41. The van der Waals surface area contributed by atoms with E-state index in [-0.39, 0.29) is 5.56 Å². The molecular weight excluding hydrogens is 326 g/mol. The molecule has 8 bridgehead atoms. The molecule has 4 nitrogen and oxygen atoms in total. The van der Waals surface area contributed by atoms with Crippen molar-refractivity contribution in [2.75, 3.05) is 0 Å². The van der Waals surface area contributed by atoms with Crippen molar-refractivity contribution >= 4 is 11.9 Å². The maximum atomic E-state index is 10.6. The molecule has 0 atom stereocenters. The van der Waals surface area contributed by atoms with E-state index >= 15 is 0 Å². The van der Waals surface area contributed by atoms with Gasteiger partial charge < -0.3 is 10.8 Å². The Morgan fingerprint density at radius 2 is 1.00 bits per heavy atom. The van der Waals surface area contributed by atoms with Crippen molar-refractivity contribution in [3.8, 4) is 0 Å². The zero-order valence-electron chi connectivity index (χ0n) is 15.0. The van der Waals surface area contributed by atoms with Crippen LogP contribution in [-0.4, -0.2) is 17.0 Å². The van der Waals surface area contributed by atoms with Gasteiger partial charge in [-0.1, -0.05) is 0 Å². The lowest BCUT2D eigenvalue weighted by atomic mass is 9.36. The lowest BCUT2D eigenvalue weighted by Crippen LogP contribution is -2.62. The predicted molar refractivity (Wildman–Crippen MR) is 97.5 cm³/mol. The topological polar surface area (TPSA) is 80.4 Å². The molecule has 8 rings (SSSR count). The molecule has 0 spiro atoms. The van der Waals surface area contributed by atoms with E-state index in [2.05, 4.69) is 0 Å². The average molecular weight is 353 g/mol. The highest BCUT2D eigenvalue weighted by molar-refractivity contribution is 5.94. The van der Waals surface area contributed by atoms with Crippen LogP contribution in [-0.2, 0) is 0 Å².